The molecule has 0 heterocycles. The van der Waals surface area contributed by atoms with Gasteiger partial charge >= 0.3 is 6.18 Å². The topological polar surface area (TPSA) is 47.6 Å². The highest BCUT2D eigenvalue weighted by Crippen LogP contribution is 2.33. The number of hydrogen-bond donors (Lipinski definition) is 1. The zero-order valence-electron chi connectivity index (χ0n) is 13.1. The zero-order chi connectivity index (χ0) is 17.7. The molecule has 2 rings (SSSR count). The van der Waals surface area contributed by atoms with E-state index in [-0.39, 0.29) is 17.0 Å². The van der Waals surface area contributed by atoms with Gasteiger partial charge in [-0.05, 0) is 37.3 Å². The summed E-state index contributed by atoms with van der Waals surface area (Å²) in [5, 5.41) is 2.45. The molecular weight excluding hydrogens is 323 g/mol. The van der Waals surface area contributed by atoms with Crippen molar-refractivity contribution in [3.8, 4) is 11.5 Å². The van der Waals surface area contributed by atoms with Gasteiger partial charge in [-0.25, -0.2) is 0 Å². The molecule has 0 atom stereocenters. The number of nitrogens with one attached hydrogen (secondary N) is 1. The van der Waals surface area contributed by atoms with Crippen LogP contribution in [0, 0.1) is 0 Å². The Hall–Kier alpha value is -2.70. The van der Waals surface area contributed by atoms with Gasteiger partial charge in [0.25, 0.3) is 5.91 Å². The molecule has 2 aromatic carbocycles. The van der Waals surface area contributed by atoms with E-state index in [1.54, 1.807) is 19.1 Å². The Morgan fingerprint density at radius 1 is 1.17 bits per heavy atom. The quantitative estimate of drug-likeness (QED) is 0.880. The number of anilines is 1. The van der Waals surface area contributed by atoms with Gasteiger partial charge in [0.2, 0.25) is 0 Å². The number of hydrogen-bond acceptors (Lipinski definition) is 3. The molecule has 7 heteroatoms. The van der Waals surface area contributed by atoms with Gasteiger partial charge in [-0.15, -0.1) is 0 Å². The molecule has 0 saturated heterocycles. The normalized spacial score (nSPS) is 11.0. The Morgan fingerprint density at radius 2 is 1.88 bits per heavy atom. The van der Waals surface area contributed by atoms with E-state index < -0.39 is 17.6 Å². The minimum absolute atomic E-state index is 0.0418. The summed E-state index contributed by atoms with van der Waals surface area (Å²) >= 11 is 0. The molecule has 4 nitrogen and oxygen atoms in total. The van der Waals surface area contributed by atoms with E-state index in [0.29, 0.717) is 12.4 Å². The molecule has 1 amide bonds. The fourth-order valence-corrected chi connectivity index (χ4v) is 2.12. The fraction of sp³-hybridized carbons (Fsp3) is 0.235. The highest BCUT2D eigenvalue weighted by Gasteiger charge is 2.30. The van der Waals surface area contributed by atoms with Crippen LogP contribution in [0.4, 0.5) is 18.9 Å². The molecule has 1 N–H and O–H groups in total. The van der Waals surface area contributed by atoms with Gasteiger partial charge in [0, 0.05) is 5.69 Å². The maximum absolute atomic E-state index is 12.7. The predicted molar refractivity (Wildman–Crippen MR) is 83.6 cm³/mol. The lowest BCUT2D eigenvalue weighted by Gasteiger charge is -2.14. The van der Waals surface area contributed by atoms with E-state index in [9.17, 15) is 18.0 Å². The molecule has 0 aromatic heterocycles. The fourth-order valence-electron chi connectivity index (χ4n) is 2.12. The van der Waals surface area contributed by atoms with Crippen LogP contribution in [0.15, 0.2) is 42.5 Å². The molecule has 128 valence electrons. The van der Waals surface area contributed by atoms with Crippen molar-refractivity contribution < 1.29 is 27.4 Å². The van der Waals surface area contributed by atoms with E-state index >= 15 is 0 Å². The number of carbonyl (C=O) groups excluding carboxylic acids is 1. The van der Waals surface area contributed by atoms with Crippen LogP contribution in [0.2, 0.25) is 0 Å². The van der Waals surface area contributed by atoms with Gasteiger partial charge < -0.3 is 14.8 Å². The van der Waals surface area contributed by atoms with Crippen LogP contribution >= 0.6 is 0 Å². The number of alkyl halides is 3. The van der Waals surface area contributed by atoms with Crippen LogP contribution in [-0.2, 0) is 6.18 Å². The Morgan fingerprint density at radius 3 is 2.50 bits per heavy atom. The van der Waals surface area contributed by atoms with Crippen LogP contribution in [-0.4, -0.2) is 19.6 Å². The summed E-state index contributed by atoms with van der Waals surface area (Å²) < 4.78 is 48.8. The second-order valence-corrected chi connectivity index (χ2v) is 4.80. The summed E-state index contributed by atoms with van der Waals surface area (Å²) in [4.78, 5) is 12.4. The minimum Gasteiger partial charge on any atom is -0.493 e. The second kappa shape index (κ2) is 7.25. The van der Waals surface area contributed by atoms with Crippen LogP contribution < -0.4 is 14.8 Å². The molecule has 0 aliphatic heterocycles. The van der Waals surface area contributed by atoms with Crippen LogP contribution in [0.3, 0.4) is 0 Å². The Bertz CT molecular complexity index is 729. The van der Waals surface area contributed by atoms with E-state index in [1.165, 1.54) is 25.3 Å². The largest absolute Gasteiger partial charge is 0.493 e. The summed E-state index contributed by atoms with van der Waals surface area (Å²) in [6, 6.07) is 9.16. The van der Waals surface area contributed by atoms with Crippen LogP contribution in [0.5, 0.6) is 11.5 Å². The van der Waals surface area contributed by atoms with Crippen molar-refractivity contribution in [3.05, 3.63) is 53.6 Å². The molecule has 0 saturated carbocycles. The van der Waals surface area contributed by atoms with Crippen molar-refractivity contribution in [3.63, 3.8) is 0 Å². The number of rotatable bonds is 5. The molecule has 0 fully saturated rings. The third-order valence-corrected chi connectivity index (χ3v) is 3.18. The molecule has 0 spiro atoms. The highest BCUT2D eigenvalue weighted by atomic mass is 19.4. The average Bonchev–Trinajstić information content (AvgIpc) is 2.54. The van der Waals surface area contributed by atoms with Gasteiger partial charge in [-0.3, -0.25) is 4.79 Å². The smallest absolute Gasteiger partial charge is 0.416 e. The number of ether oxygens (including phenoxy) is 2. The third-order valence-electron chi connectivity index (χ3n) is 3.18. The molecule has 0 radical (unpaired) electrons. The third kappa shape index (κ3) is 3.98. The minimum atomic E-state index is -4.48. The first-order valence-corrected chi connectivity index (χ1v) is 7.15. The molecular formula is C17H16F3NO3. The van der Waals surface area contributed by atoms with E-state index in [1.807, 2.05) is 0 Å². The van der Waals surface area contributed by atoms with Crippen molar-refractivity contribution >= 4 is 11.6 Å². The standard InChI is InChI=1S/C17H16F3NO3/c1-3-24-15-13(8-5-9-14(15)23-2)16(22)21-12-7-4-6-11(10-12)17(18,19)20/h4-10H,3H2,1-2H3,(H,21,22). The summed E-state index contributed by atoms with van der Waals surface area (Å²) in [6.45, 7) is 2.06. The van der Waals surface area contributed by atoms with Gasteiger partial charge in [0.1, 0.15) is 0 Å². The van der Waals surface area contributed by atoms with Crippen molar-refractivity contribution in [2.24, 2.45) is 0 Å². The second-order valence-electron chi connectivity index (χ2n) is 4.80. The van der Waals surface area contributed by atoms with Crippen molar-refractivity contribution in [1.29, 1.82) is 0 Å². The number of amides is 1. The number of para-hydroxylation sites is 1. The number of carbonyl (C=O) groups is 1. The number of benzene rings is 2. The molecule has 0 aliphatic rings. The predicted octanol–water partition coefficient (Wildman–Crippen LogP) is 4.37. The molecule has 0 bridgehead atoms. The van der Waals surface area contributed by atoms with Gasteiger partial charge in [0.15, 0.2) is 11.5 Å². The lowest BCUT2D eigenvalue weighted by molar-refractivity contribution is -0.137. The van der Waals surface area contributed by atoms with Crippen LogP contribution in [0.1, 0.15) is 22.8 Å². The van der Waals surface area contributed by atoms with Crippen molar-refractivity contribution in [1.82, 2.24) is 0 Å². The van der Waals surface area contributed by atoms with Gasteiger partial charge in [-0.2, -0.15) is 13.2 Å². The first-order valence-electron chi connectivity index (χ1n) is 7.15. The maximum atomic E-state index is 12.7. The first-order chi connectivity index (χ1) is 11.4. The Kier molecular flexibility index (Phi) is 5.33. The summed E-state index contributed by atoms with van der Waals surface area (Å²) in [5.74, 6) is 0.0252. The van der Waals surface area contributed by atoms with Crippen LogP contribution in [0.25, 0.3) is 0 Å². The zero-order valence-corrected chi connectivity index (χ0v) is 13.1. The SMILES string of the molecule is CCOc1c(OC)cccc1C(=O)Nc1cccc(C(F)(F)F)c1. The van der Waals surface area contributed by atoms with Crippen molar-refractivity contribution in [2.75, 3.05) is 19.0 Å². The summed E-state index contributed by atoms with van der Waals surface area (Å²) in [6.07, 6.45) is -4.48. The Balaban J connectivity index is 2.31. The molecule has 24 heavy (non-hydrogen) atoms. The molecule has 0 unspecified atom stereocenters. The van der Waals surface area contributed by atoms with Gasteiger partial charge in [0.05, 0.1) is 24.8 Å². The van der Waals surface area contributed by atoms with Gasteiger partial charge in [-0.1, -0.05) is 12.1 Å². The lowest BCUT2D eigenvalue weighted by Crippen LogP contribution is -2.15. The van der Waals surface area contributed by atoms with E-state index in [0.717, 1.165) is 12.1 Å². The Labute approximate surface area is 137 Å². The average molecular weight is 339 g/mol. The summed E-state index contributed by atoms with van der Waals surface area (Å²) in [7, 11) is 1.44. The summed E-state index contributed by atoms with van der Waals surface area (Å²) in [5.41, 5.74) is -0.621. The highest BCUT2D eigenvalue weighted by molar-refractivity contribution is 6.06. The van der Waals surface area contributed by atoms with Crippen molar-refractivity contribution in [2.45, 2.75) is 13.1 Å². The van der Waals surface area contributed by atoms with E-state index in [4.69, 9.17) is 9.47 Å². The molecule has 0 aliphatic carbocycles. The number of halogens is 3. The molecule has 2 aromatic rings. The maximum Gasteiger partial charge on any atom is 0.416 e. The van der Waals surface area contributed by atoms with E-state index in [2.05, 4.69) is 5.32 Å². The first kappa shape index (κ1) is 17.7. The number of methoxy groups -OCH3 is 1. The monoisotopic (exact) mass is 339 g/mol. The lowest BCUT2D eigenvalue weighted by atomic mass is 10.1.